The average Bonchev–Trinajstić information content (AvgIpc) is 3.26. The molecule has 3 rings (SSSR count). The van der Waals surface area contributed by atoms with E-state index in [1.807, 2.05) is 47.2 Å². The zero-order valence-corrected chi connectivity index (χ0v) is 19.5. The zero-order valence-electron chi connectivity index (χ0n) is 17.8. The monoisotopic (exact) mass is 473 g/mol. The first kappa shape index (κ1) is 24.1. The summed E-state index contributed by atoms with van der Waals surface area (Å²) in [6, 6.07) is 16.1. The van der Waals surface area contributed by atoms with E-state index in [1.165, 1.54) is 0 Å². The highest BCUT2D eigenvalue weighted by Gasteiger charge is 2.16. The topological polar surface area (TPSA) is 108 Å². The largest absolute Gasteiger partial charge is 0.357 e. The van der Waals surface area contributed by atoms with Crippen LogP contribution in [0.5, 0.6) is 0 Å². The summed E-state index contributed by atoms with van der Waals surface area (Å²) in [7, 11) is -4.30. The molecule has 3 N–H and O–H groups in total. The van der Waals surface area contributed by atoms with Gasteiger partial charge in [0.2, 0.25) is 0 Å². The molecule has 0 aliphatic heterocycles. The molecule has 1 unspecified atom stereocenters. The van der Waals surface area contributed by atoms with Crippen LogP contribution in [0.2, 0.25) is 0 Å². The van der Waals surface area contributed by atoms with Crippen LogP contribution >= 0.6 is 11.3 Å². The van der Waals surface area contributed by atoms with Crippen molar-refractivity contribution in [2.75, 3.05) is 11.3 Å². The number of hydrogen-bond acceptors (Lipinski definition) is 6. The third-order valence-corrected chi connectivity index (χ3v) is 6.44. The first-order chi connectivity index (χ1) is 15.3. The minimum Gasteiger partial charge on any atom is -0.308 e. The molecule has 0 fully saturated rings. The second kappa shape index (κ2) is 11.3. The van der Waals surface area contributed by atoms with Crippen LogP contribution in [0.25, 0.3) is 0 Å². The van der Waals surface area contributed by atoms with E-state index in [9.17, 15) is 13.2 Å². The number of thiazole rings is 1. The molecule has 1 atom stereocenters. The van der Waals surface area contributed by atoms with Crippen LogP contribution in [-0.4, -0.2) is 30.3 Å². The van der Waals surface area contributed by atoms with E-state index in [4.69, 9.17) is 9.54 Å². The third kappa shape index (κ3) is 7.52. The molecule has 0 aliphatic rings. The fourth-order valence-electron chi connectivity index (χ4n) is 3.28. The number of benzene rings is 2. The van der Waals surface area contributed by atoms with E-state index in [-0.39, 0.29) is 11.8 Å². The van der Waals surface area contributed by atoms with Crippen molar-refractivity contribution in [1.82, 2.24) is 10.3 Å². The van der Waals surface area contributed by atoms with Gasteiger partial charge in [-0.1, -0.05) is 49.4 Å². The average molecular weight is 474 g/mol. The summed E-state index contributed by atoms with van der Waals surface area (Å²) >= 11 is 1.61. The lowest BCUT2D eigenvalue weighted by molar-refractivity contribution is 0.0979. The summed E-state index contributed by atoms with van der Waals surface area (Å²) in [6.07, 6.45) is 2.71. The van der Waals surface area contributed by atoms with Crippen LogP contribution in [-0.2, 0) is 23.1 Å². The molecular weight excluding hydrogens is 446 g/mol. The predicted octanol–water partition coefficient (Wildman–Crippen LogP) is 4.46. The van der Waals surface area contributed by atoms with Crippen molar-refractivity contribution >= 4 is 33.1 Å². The van der Waals surface area contributed by atoms with Crippen LogP contribution in [0.1, 0.15) is 52.4 Å². The van der Waals surface area contributed by atoms with Gasteiger partial charge in [-0.05, 0) is 43.5 Å². The molecular formula is C23H27N3O4S2. The lowest BCUT2D eigenvalue weighted by Gasteiger charge is -2.17. The summed E-state index contributed by atoms with van der Waals surface area (Å²) < 4.78 is 32.9. The van der Waals surface area contributed by atoms with Gasteiger partial charge in [-0.15, -0.1) is 11.3 Å². The van der Waals surface area contributed by atoms with Crippen molar-refractivity contribution in [3.05, 3.63) is 81.8 Å². The van der Waals surface area contributed by atoms with Gasteiger partial charge in [0.25, 0.3) is 0 Å². The maximum atomic E-state index is 12.3. The number of aryl methyl sites for hydroxylation is 1. The second-order valence-electron chi connectivity index (χ2n) is 7.41. The van der Waals surface area contributed by atoms with Crippen molar-refractivity contribution in [2.45, 2.75) is 38.6 Å². The highest BCUT2D eigenvalue weighted by Crippen LogP contribution is 2.24. The van der Waals surface area contributed by atoms with Gasteiger partial charge in [0.1, 0.15) is 5.01 Å². The van der Waals surface area contributed by atoms with Gasteiger partial charge in [0.15, 0.2) is 5.78 Å². The molecule has 170 valence electrons. The SMILES string of the molecule is CCc1csc(C(Cc2ccc(NS(=O)(=O)O)cc2)NCCCC(=O)c2ccccc2)n1. The molecule has 1 aromatic heterocycles. The first-order valence-electron chi connectivity index (χ1n) is 10.4. The van der Waals surface area contributed by atoms with Gasteiger partial charge in [0, 0.05) is 17.4 Å². The Hall–Kier alpha value is -2.59. The van der Waals surface area contributed by atoms with Crippen LogP contribution in [0.3, 0.4) is 0 Å². The maximum Gasteiger partial charge on any atom is 0.357 e. The third-order valence-electron chi connectivity index (χ3n) is 4.94. The molecule has 0 spiro atoms. The van der Waals surface area contributed by atoms with Crippen LogP contribution in [0.4, 0.5) is 5.69 Å². The molecule has 0 aliphatic carbocycles. The number of hydrogen-bond donors (Lipinski definition) is 3. The van der Waals surface area contributed by atoms with Crippen LogP contribution < -0.4 is 10.0 Å². The Morgan fingerprint density at radius 1 is 1.12 bits per heavy atom. The summed E-state index contributed by atoms with van der Waals surface area (Å²) in [5.74, 6) is 0.133. The smallest absolute Gasteiger partial charge is 0.308 e. The van der Waals surface area contributed by atoms with Crippen molar-refractivity contribution in [3.63, 3.8) is 0 Å². The normalized spacial score (nSPS) is 12.4. The Kier molecular flexibility index (Phi) is 8.52. The fourth-order valence-corrected chi connectivity index (χ4v) is 4.69. The molecule has 7 nitrogen and oxygen atoms in total. The summed E-state index contributed by atoms with van der Waals surface area (Å²) in [5.41, 5.74) is 3.07. The highest BCUT2D eigenvalue weighted by molar-refractivity contribution is 7.87. The molecule has 3 aromatic rings. The Balaban J connectivity index is 1.61. The number of carbonyl (C=O) groups excluding carboxylic acids is 1. The standard InChI is InChI=1S/C23H27N3O4S2/c1-2-19-16-31-23(25-19)21(15-17-10-12-20(13-11-17)26-32(28,29)30)24-14-6-9-22(27)18-7-4-3-5-8-18/h3-5,7-8,10-13,16,21,24,26H,2,6,9,14-15H2,1H3,(H,28,29,30). The highest BCUT2D eigenvalue weighted by atomic mass is 32.2. The predicted molar refractivity (Wildman–Crippen MR) is 128 cm³/mol. The fraction of sp³-hybridized carbons (Fsp3) is 0.304. The van der Waals surface area contributed by atoms with Crippen molar-refractivity contribution in [1.29, 1.82) is 0 Å². The van der Waals surface area contributed by atoms with Crippen molar-refractivity contribution < 1.29 is 17.8 Å². The molecule has 1 heterocycles. The number of anilines is 1. The van der Waals surface area contributed by atoms with Crippen LogP contribution in [0, 0.1) is 0 Å². The Morgan fingerprint density at radius 2 is 1.84 bits per heavy atom. The van der Waals surface area contributed by atoms with E-state index < -0.39 is 10.3 Å². The van der Waals surface area contributed by atoms with Crippen LogP contribution in [0.15, 0.2) is 60.0 Å². The Labute approximate surface area is 192 Å². The van der Waals surface area contributed by atoms with E-state index in [0.717, 1.165) is 28.2 Å². The molecule has 0 amide bonds. The first-order valence-corrected chi connectivity index (χ1v) is 12.8. The van der Waals surface area contributed by atoms with Gasteiger partial charge in [0.05, 0.1) is 17.4 Å². The molecule has 0 bridgehead atoms. The minimum absolute atomic E-state index is 0.0208. The summed E-state index contributed by atoms with van der Waals surface area (Å²) in [5, 5.41) is 6.57. The Bertz CT molecular complexity index is 1110. The lowest BCUT2D eigenvalue weighted by atomic mass is 10.0. The number of rotatable bonds is 12. The molecule has 0 radical (unpaired) electrons. The number of aromatic nitrogens is 1. The second-order valence-corrected chi connectivity index (χ2v) is 9.45. The number of ketones is 1. The van der Waals surface area contributed by atoms with E-state index >= 15 is 0 Å². The number of nitrogens with zero attached hydrogens (tertiary/aromatic N) is 1. The molecule has 9 heteroatoms. The van der Waals surface area contributed by atoms with Gasteiger partial charge in [-0.25, -0.2) is 4.98 Å². The number of carbonyl (C=O) groups is 1. The summed E-state index contributed by atoms with van der Waals surface area (Å²) in [4.78, 5) is 17.0. The maximum absolute atomic E-state index is 12.3. The van der Waals surface area contributed by atoms with Gasteiger partial charge in [-0.3, -0.25) is 14.1 Å². The van der Waals surface area contributed by atoms with Crippen molar-refractivity contribution in [3.8, 4) is 0 Å². The minimum atomic E-state index is -4.30. The zero-order chi connectivity index (χ0) is 23.0. The summed E-state index contributed by atoms with van der Waals surface area (Å²) in [6.45, 7) is 2.74. The number of Topliss-reactive ketones (excluding diaryl/α,β-unsaturated/α-hetero) is 1. The van der Waals surface area contributed by atoms with Gasteiger partial charge >= 0.3 is 10.3 Å². The Morgan fingerprint density at radius 3 is 2.47 bits per heavy atom. The van der Waals surface area contributed by atoms with Gasteiger partial charge < -0.3 is 5.32 Å². The molecule has 32 heavy (non-hydrogen) atoms. The quantitative estimate of drug-likeness (QED) is 0.204. The van der Waals surface area contributed by atoms with E-state index in [2.05, 4.69) is 17.6 Å². The molecule has 2 aromatic carbocycles. The van der Waals surface area contributed by atoms with E-state index in [0.29, 0.717) is 31.5 Å². The number of nitrogens with one attached hydrogen (secondary N) is 2. The van der Waals surface area contributed by atoms with Gasteiger partial charge in [-0.2, -0.15) is 8.42 Å². The lowest BCUT2D eigenvalue weighted by Crippen LogP contribution is -2.25. The van der Waals surface area contributed by atoms with Crippen molar-refractivity contribution in [2.24, 2.45) is 0 Å². The molecule has 0 saturated carbocycles. The molecule has 0 saturated heterocycles. The van der Waals surface area contributed by atoms with E-state index in [1.54, 1.807) is 23.5 Å².